The van der Waals surface area contributed by atoms with Crippen molar-refractivity contribution < 1.29 is 9.53 Å². The van der Waals surface area contributed by atoms with Crippen molar-refractivity contribution in [3.63, 3.8) is 0 Å². The average molecular weight is 188 g/mol. The van der Waals surface area contributed by atoms with Crippen LogP contribution in [0.15, 0.2) is 24.3 Å². The lowest BCUT2D eigenvalue weighted by atomic mass is 9.94. The van der Waals surface area contributed by atoms with Crippen molar-refractivity contribution in [3.05, 3.63) is 35.4 Å². The second-order valence-corrected chi connectivity index (χ2v) is 4.34. The van der Waals surface area contributed by atoms with Crippen LogP contribution >= 0.6 is 0 Å². The van der Waals surface area contributed by atoms with Gasteiger partial charge in [0.25, 0.3) is 0 Å². The molecule has 0 unspecified atom stereocenters. The van der Waals surface area contributed by atoms with Gasteiger partial charge in [-0.05, 0) is 18.9 Å². The van der Waals surface area contributed by atoms with E-state index in [0.29, 0.717) is 12.5 Å². The Balaban J connectivity index is 2.04. The van der Waals surface area contributed by atoms with E-state index in [1.165, 1.54) is 5.56 Å². The minimum absolute atomic E-state index is 0.0219. The number of carbonyl (C=O) groups excluding carboxylic acids is 1. The van der Waals surface area contributed by atoms with Gasteiger partial charge in [-0.25, -0.2) is 0 Å². The smallest absolute Gasteiger partial charge is 0.317 e. The lowest BCUT2D eigenvalue weighted by molar-refractivity contribution is -0.142. The Morgan fingerprint density at radius 3 is 2.57 bits per heavy atom. The molecule has 2 aliphatic rings. The van der Waals surface area contributed by atoms with Crippen LogP contribution in [0.1, 0.15) is 17.5 Å². The maximum Gasteiger partial charge on any atom is 0.317 e. The summed E-state index contributed by atoms with van der Waals surface area (Å²) in [5.74, 6) is 0.420. The van der Waals surface area contributed by atoms with E-state index < -0.39 is 0 Å². The van der Waals surface area contributed by atoms with E-state index in [1.807, 2.05) is 0 Å². The summed E-state index contributed by atoms with van der Waals surface area (Å²) in [6, 6.07) is 8.24. The number of cyclic esters (lactones) is 1. The van der Waals surface area contributed by atoms with Crippen LogP contribution in [0.25, 0.3) is 0 Å². The van der Waals surface area contributed by atoms with Crippen LogP contribution in [0.2, 0.25) is 0 Å². The number of hydrogen-bond donors (Lipinski definition) is 0. The molecular formula is C12H12O2. The van der Waals surface area contributed by atoms with Crippen LogP contribution in [0.4, 0.5) is 0 Å². The largest absolute Gasteiger partial charge is 0.465 e. The molecule has 1 aliphatic carbocycles. The summed E-state index contributed by atoms with van der Waals surface area (Å²) < 4.78 is 5.06. The summed E-state index contributed by atoms with van der Waals surface area (Å²) in [4.78, 5) is 11.6. The fraction of sp³-hybridized carbons (Fsp3) is 0.417. The summed E-state index contributed by atoms with van der Waals surface area (Å²) in [6.07, 6.45) is 0.981. The Morgan fingerprint density at radius 1 is 1.36 bits per heavy atom. The molecule has 1 heterocycles. The van der Waals surface area contributed by atoms with Crippen LogP contribution in [0.5, 0.6) is 0 Å². The van der Waals surface area contributed by atoms with Crippen molar-refractivity contribution in [1.82, 2.24) is 0 Å². The quantitative estimate of drug-likeness (QED) is 0.628. The van der Waals surface area contributed by atoms with Gasteiger partial charge in [0.15, 0.2) is 0 Å². The molecule has 2 heteroatoms. The van der Waals surface area contributed by atoms with E-state index in [2.05, 4.69) is 31.2 Å². The number of ether oxygens (including phenoxy) is 1. The van der Waals surface area contributed by atoms with E-state index in [1.54, 1.807) is 0 Å². The molecule has 0 spiro atoms. The second kappa shape index (κ2) is 2.38. The van der Waals surface area contributed by atoms with E-state index in [9.17, 15) is 4.79 Å². The van der Waals surface area contributed by atoms with Gasteiger partial charge in [0, 0.05) is 5.92 Å². The zero-order valence-corrected chi connectivity index (χ0v) is 8.12. The number of fused-ring (bicyclic) bond motifs is 1. The second-order valence-electron chi connectivity index (χ2n) is 4.34. The summed E-state index contributed by atoms with van der Waals surface area (Å²) >= 11 is 0. The molecule has 2 nitrogen and oxygen atoms in total. The van der Waals surface area contributed by atoms with Crippen molar-refractivity contribution in [3.8, 4) is 0 Å². The first kappa shape index (κ1) is 8.04. The van der Waals surface area contributed by atoms with Crippen LogP contribution in [0.3, 0.4) is 0 Å². The first-order chi connectivity index (χ1) is 6.73. The van der Waals surface area contributed by atoms with Gasteiger partial charge in [0.2, 0.25) is 0 Å². The maximum atomic E-state index is 11.6. The van der Waals surface area contributed by atoms with Gasteiger partial charge < -0.3 is 4.74 Å². The van der Waals surface area contributed by atoms with Crippen LogP contribution in [-0.4, -0.2) is 12.6 Å². The van der Waals surface area contributed by atoms with E-state index >= 15 is 0 Å². The van der Waals surface area contributed by atoms with E-state index in [4.69, 9.17) is 4.74 Å². The predicted molar refractivity (Wildman–Crippen MR) is 51.9 cm³/mol. The molecule has 14 heavy (non-hydrogen) atoms. The molecule has 2 fully saturated rings. The topological polar surface area (TPSA) is 26.3 Å². The van der Waals surface area contributed by atoms with Gasteiger partial charge in [0.1, 0.15) is 0 Å². The normalized spacial score (nSPS) is 33.8. The van der Waals surface area contributed by atoms with Crippen LogP contribution in [-0.2, 0) is 14.9 Å². The predicted octanol–water partition coefficient (Wildman–Crippen LogP) is 1.81. The highest BCUT2D eigenvalue weighted by Crippen LogP contribution is 2.58. The van der Waals surface area contributed by atoms with E-state index in [-0.39, 0.29) is 11.4 Å². The molecule has 0 amide bonds. The lowest BCUT2D eigenvalue weighted by Gasteiger charge is -2.09. The fourth-order valence-electron chi connectivity index (χ4n) is 2.41. The SMILES string of the molecule is Cc1ccc([C@@]23C[C@@H]2COC3=O)cc1. The van der Waals surface area contributed by atoms with Crippen molar-refractivity contribution in [1.29, 1.82) is 0 Å². The highest BCUT2D eigenvalue weighted by Gasteiger charge is 2.66. The van der Waals surface area contributed by atoms with Crippen LogP contribution in [0, 0.1) is 12.8 Å². The Labute approximate surface area is 82.9 Å². The number of rotatable bonds is 1. The monoisotopic (exact) mass is 188 g/mol. The average Bonchev–Trinajstić information content (AvgIpc) is 2.84. The summed E-state index contributed by atoms with van der Waals surface area (Å²) in [7, 11) is 0. The molecule has 0 bridgehead atoms. The molecule has 1 aromatic rings. The Hall–Kier alpha value is -1.31. The third-order valence-corrected chi connectivity index (χ3v) is 3.45. The van der Waals surface area contributed by atoms with Crippen LogP contribution < -0.4 is 0 Å². The molecule has 1 aromatic carbocycles. The minimum Gasteiger partial charge on any atom is -0.465 e. The molecular weight excluding hydrogens is 176 g/mol. The zero-order chi connectivity index (χ0) is 9.76. The Kier molecular flexibility index (Phi) is 1.37. The Morgan fingerprint density at radius 2 is 2.07 bits per heavy atom. The number of esters is 1. The van der Waals surface area contributed by atoms with Gasteiger partial charge in [-0.3, -0.25) is 4.79 Å². The van der Waals surface area contributed by atoms with Crippen molar-refractivity contribution in [2.24, 2.45) is 5.92 Å². The lowest BCUT2D eigenvalue weighted by Crippen LogP contribution is -2.18. The van der Waals surface area contributed by atoms with Crippen molar-refractivity contribution in [2.45, 2.75) is 18.8 Å². The number of aryl methyl sites for hydroxylation is 1. The van der Waals surface area contributed by atoms with Gasteiger partial charge in [-0.1, -0.05) is 29.8 Å². The standard InChI is InChI=1S/C12H12O2/c1-8-2-4-9(5-3-8)12-6-10(12)7-14-11(12)13/h2-5,10H,6-7H2,1H3/t10-,12+/m1/s1. The molecule has 0 aromatic heterocycles. The molecule has 0 N–H and O–H groups in total. The summed E-state index contributed by atoms with van der Waals surface area (Å²) in [5, 5.41) is 0. The summed E-state index contributed by atoms with van der Waals surface area (Å²) in [6.45, 7) is 2.67. The van der Waals surface area contributed by atoms with Gasteiger partial charge in [0.05, 0.1) is 12.0 Å². The molecule has 1 aliphatic heterocycles. The van der Waals surface area contributed by atoms with E-state index in [0.717, 1.165) is 12.0 Å². The third-order valence-electron chi connectivity index (χ3n) is 3.45. The highest BCUT2D eigenvalue weighted by atomic mass is 16.5. The highest BCUT2D eigenvalue weighted by molar-refractivity contribution is 5.89. The van der Waals surface area contributed by atoms with Gasteiger partial charge >= 0.3 is 5.97 Å². The van der Waals surface area contributed by atoms with Crippen molar-refractivity contribution >= 4 is 5.97 Å². The first-order valence-electron chi connectivity index (χ1n) is 4.98. The number of carbonyl (C=O) groups is 1. The molecule has 0 radical (unpaired) electrons. The minimum atomic E-state index is -0.256. The molecule has 1 saturated carbocycles. The number of benzene rings is 1. The van der Waals surface area contributed by atoms with Gasteiger partial charge in [-0.15, -0.1) is 0 Å². The summed E-state index contributed by atoms with van der Waals surface area (Å²) in [5.41, 5.74) is 2.11. The fourth-order valence-corrected chi connectivity index (χ4v) is 2.41. The maximum absolute atomic E-state index is 11.6. The Bertz CT molecular complexity index is 393. The first-order valence-corrected chi connectivity index (χ1v) is 4.98. The molecule has 3 rings (SSSR count). The molecule has 2 atom stereocenters. The number of hydrogen-bond acceptors (Lipinski definition) is 2. The van der Waals surface area contributed by atoms with Crippen molar-refractivity contribution in [2.75, 3.05) is 6.61 Å². The third kappa shape index (κ3) is 0.834. The zero-order valence-electron chi connectivity index (χ0n) is 8.12. The van der Waals surface area contributed by atoms with Gasteiger partial charge in [-0.2, -0.15) is 0 Å². The molecule has 72 valence electrons. The molecule has 1 saturated heterocycles.